The second kappa shape index (κ2) is 8.09. The number of nitrogens with zero attached hydrogens (tertiary/aromatic N) is 1. The van der Waals surface area contributed by atoms with E-state index < -0.39 is 0 Å². The van der Waals surface area contributed by atoms with Gasteiger partial charge in [-0.15, -0.1) is 0 Å². The Balaban J connectivity index is 1.96. The number of urea groups is 1. The predicted octanol–water partition coefficient (Wildman–Crippen LogP) is 2.01. The molecule has 0 aliphatic rings. The molecule has 2 amide bonds. The smallest absolute Gasteiger partial charge is 0.315 e. The zero-order valence-corrected chi connectivity index (χ0v) is 14.1. The van der Waals surface area contributed by atoms with Crippen molar-refractivity contribution in [3.05, 3.63) is 35.2 Å². The summed E-state index contributed by atoms with van der Waals surface area (Å²) in [7, 11) is 4.65. The lowest BCUT2D eigenvalue weighted by molar-refractivity contribution is 0.238. The maximum Gasteiger partial charge on any atom is 0.315 e. The molecule has 1 heterocycles. The van der Waals surface area contributed by atoms with Crippen LogP contribution in [0, 0.1) is 6.92 Å². The number of nitrogens with one attached hydrogen (secondary N) is 2. The number of ether oxygens (including phenoxy) is 3. The van der Waals surface area contributed by atoms with Crippen molar-refractivity contribution < 1.29 is 23.5 Å². The lowest BCUT2D eigenvalue weighted by Crippen LogP contribution is -2.34. The summed E-state index contributed by atoms with van der Waals surface area (Å²) < 4.78 is 20.8. The number of carbonyl (C=O) groups excluding carboxylic acids is 1. The number of aromatic nitrogens is 1. The Hall–Kier alpha value is -2.90. The normalized spacial score (nSPS) is 10.2. The summed E-state index contributed by atoms with van der Waals surface area (Å²) in [5.74, 6) is 2.31. The number of methoxy groups -OCH3 is 3. The van der Waals surface area contributed by atoms with E-state index in [0.717, 1.165) is 11.3 Å². The van der Waals surface area contributed by atoms with Gasteiger partial charge in [0.05, 0.1) is 33.6 Å². The molecule has 1 aromatic carbocycles. The van der Waals surface area contributed by atoms with E-state index in [2.05, 4.69) is 15.8 Å². The number of aryl methyl sites for hydroxylation is 1. The van der Waals surface area contributed by atoms with Crippen molar-refractivity contribution in [2.75, 3.05) is 21.3 Å². The van der Waals surface area contributed by atoms with Gasteiger partial charge < -0.3 is 29.4 Å². The molecule has 0 radical (unpaired) electrons. The minimum atomic E-state index is -0.333. The highest BCUT2D eigenvalue weighted by molar-refractivity contribution is 5.73. The summed E-state index contributed by atoms with van der Waals surface area (Å²) in [6, 6.07) is 4.90. The molecule has 0 aliphatic carbocycles. The Kier molecular flexibility index (Phi) is 5.89. The molecular weight excluding hydrogens is 314 g/mol. The van der Waals surface area contributed by atoms with Crippen LogP contribution in [-0.4, -0.2) is 32.5 Å². The van der Waals surface area contributed by atoms with Gasteiger partial charge in [0.2, 0.25) is 0 Å². The summed E-state index contributed by atoms with van der Waals surface area (Å²) in [5.41, 5.74) is 1.53. The molecule has 24 heavy (non-hydrogen) atoms. The SMILES string of the molecule is COc1cc(OC)c(OC)cc1CNC(=O)NCc1cc(C)no1. The van der Waals surface area contributed by atoms with E-state index >= 15 is 0 Å². The molecule has 1 aromatic heterocycles. The number of hydrogen-bond donors (Lipinski definition) is 2. The van der Waals surface area contributed by atoms with Crippen molar-refractivity contribution in [3.8, 4) is 17.2 Å². The first-order valence-corrected chi connectivity index (χ1v) is 7.30. The van der Waals surface area contributed by atoms with Gasteiger partial charge in [-0.25, -0.2) is 4.79 Å². The van der Waals surface area contributed by atoms with Crippen molar-refractivity contribution in [2.24, 2.45) is 0 Å². The van der Waals surface area contributed by atoms with Crippen molar-refractivity contribution >= 4 is 6.03 Å². The highest BCUT2D eigenvalue weighted by Gasteiger charge is 2.13. The van der Waals surface area contributed by atoms with Gasteiger partial charge in [0.1, 0.15) is 5.75 Å². The van der Waals surface area contributed by atoms with Crippen LogP contribution in [0.2, 0.25) is 0 Å². The highest BCUT2D eigenvalue weighted by atomic mass is 16.5. The molecule has 0 spiro atoms. The summed E-state index contributed by atoms with van der Waals surface area (Å²) in [6.45, 7) is 2.34. The second-order valence-electron chi connectivity index (χ2n) is 4.99. The number of carbonyl (C=O) groups is 1. The van der Waals surface area contributed by atoms with E-state index in [1.807, 2.05) is 6.92 Å². The quantitative estimate of drug-likeness (QED) is 0.804. The molecule has 8 nitrogen and oxygen atoms in total. The van der Waals surface area contributed by atoms with Crippen LogP contribution >= 0.6 is 0 Å². The van der Waals surface area contributed by atoms with E-state index in [-0.39, 0.29) is 19.1 Å². The largest absolute Gasteiger partial charge is 0.496 e. The van der Waals surface area contributed by atoms with Crippen LogP contribution in [0.15, 0.2) is 22.7 Å². The van der Waals surface area contributed by atoms with Crippen LogP contribution < -0.4 is 24.8 Å². The Bertz CT molecular complexity index is 699. The van der Waals surface area contributed by atoms with Gasteiger partial charge in [-0.1, -0.05) is 5.16 Å². The lowest BCUT2D eigenvalue weighted by atomic mass is 10.1. The average molecular weight is 335 g/mol. The standard InChI is InChI=1S/C16H21N3O5/c1-10-5-12(24-19-10)9-18-16(20)17-8-11-6-14(22-3)15(23-4)7-13(11)21-2/h5-7H,8-9H2,1-4H3,(H2,17,18,20). The first kappa shape index (κ1) is 17.5. The third kappa shape index (κ3) is 4.31. The molecule has 0 saturated heterocycles. The van der Waals surface area contributed by atoms with Gasteiger partial charge in [-0.2, -0.15) is 0 Å². The predicted molar refractivity (Wildman–Crippen MR) is 86.4 cm³/mol. The Morgan fingerprint density at radius 1 is 1.00 bits per heavy atom. The average Bonchev–Trinajstić information content (AvgIpc) is 3.02. The van der Waals surface area contributed by atoms with Gasteiger partial charge in [-0.05, 0) is 13.0 Å². The van der Waals surface area contributed by atoms with E-state index in [0.29, 0.717) is 23.0 Å². The third-order valence-electron chi connectivity index (χ3n) is 3.33. The fraction of sp³-hybridized carbons (Fsp3) is 0.375. The summed E-state index contributed by atoms with van der Waals surface area (Å²) in [4.78, 5) is 11.9. The van der Waals surface area contributed by atoms with E-state index in [9.17, 15) is 4.79 Å². The van der Waals surface area contributed by atoms with Crippen LogP contribution in [0.1, 0.15) is 17.0 Å². The third-order valence-corrected chi connectivity index (χ3v) is 3.33. The van der Waals surface area contributed by atoms with Crippen molar-refractivity contribution in [3.63, 3.8) is 0 Å². The van der Waals surface area contributed by atoms with Crippen LogP contribution in [0.3, 0.4) is 0 Å². The maximum absolute atomic E-state index is 11.9. The maximum atomic E-state index is 11.9. The molecule has 2 N–H and O–H groups in total. The van der Waals surface area contributed by atoms with Gasteiger partial charge in [-0.3, -0.25) is 0 Å². The molecule has 0 bridgehead atoms. The fourth-order valence-electron chi connectivity index (χ4n) is 2.14. The van der Waals surface area contributed by atoms with E-state index in [4.69, 9.17) is 18.7 Å². The summed E-state index contributed by atoms with van der Waals surface area (Å²) in [6.07, 6.45) is 0. The topological polar surface area (TPSA) is 94.8 Å². The number of benzene rings is 1. The molecule has 0 fully saturated rings. The molecule has 8 heteroatoms. The Labute approximate surface area is 140 Å². The number of hydrogen-bond acceptors (Lipinski definition) is 6. The zero-order valence-electron chi connectivity index (χ0n) is 14.1. The van der Waals surface area contributed by atoms with Gasteiger partial charge >= 0.3 is 6.03 Å². The van der Waals surface area contributed by atoms with Crippen LogP contribution in [0.4, 0.5) is 4.79 Å². The van der Waals surface area contributed by atoms with E-state index in [1.165, 1.54) is 0 Å². The zero-order chi connectivity index (χ0) is 17.5. The Morgan fingerprint density at radius 2 is 1.62 bits per heavy atom. The minimum Gasteiger partial charge on any atom is -0.496 e. The van der Waals surface area contributed by atoms with Crippen molar-refractivity contribution in [1.82, 2.24) is 15.8 Å². The van der Waals surface area contributed by atoms with Gasteiger partial charge in [0.15, 0.2) is 17.3 Å². The lowest BCUT2D eigenvalue weighted by Gasteiger charge is -2.14. The molecule has 130 valence electrons. The molecule has 0 saturated carbocycles. The monoisotopic (exact) mass is 335 g/mol. The van der Waals surface area contributed by atoms with Crippen molar-refractivity contribution in [1.29, 1.82) is 0 Å². The molecular formula is C16H21N3O5. The highest BCUT2D eigenvalue weighted by Crippen LogP contribution is 2.34. The molecule has 0 unspecified atom stereocenters. The number of rotatable bonds is 7. The molecule has 0 atom stereocenters. The summed E-state index contributed by atoms with van der Waals surface area (Å²) in [5, 5.41) is 9.20. The van der Waals surface area contributed by atoms with Crippen LogP contribution in [-0.2, 0) is 13.1 Å². The minimum absolute atomic E-state index is 0.260. The first-order valence-electron chi connectivity index (χ1n) is 7.30. The van der Waals surface area contributed by atoms with Crippen LogP contribution in [0.25, 0.3) is 0 Å². The first-order chi connectivity index (χ1) is 11.6. The van der Waals surface area contributed by atoms with Crippen LogP contribution in [0.5, 0.6) is 17.2 Å². The number of amides is 2. The second-order valence-corrected chi connectivity index (χ2v) is 4.99. The van der Waals surface area contributed by atoms with Gasteiger partial charge in [0, 0.05) is 24.2 Å². The van der Waals surface area contributed by atoms with Crippen molar-refractivity contribution in [2.45, 2.75) is 20.0 Å². The molecule has 2 aromatic rings. The fourth-order valence-corrected chi connectivity index (χ4v) is 2.14. The Morgan fingerprint density at radius 3 is 2.21 bits per heavy atom. The molecule has 0 aliphatic heterocycles. The summed E-state index contributed by atoms with van der Waals surface area (Å²) >= 11 is 0. The molecule has 2 rings (SSSR count). The van der Waals surface area contributed by atoms with E-state index in [1.54, 1.807) is 39.5 Å². The van der Waals surface area contributed by atoms with Gasteiger partial charge in [0.25, 0.3) is 0 Å².